The van der Waals surface area contributed by atoms with E-state index in [4.69, 9.17) is 18.5 Å². The molecule has 0 unspecified atom stereocenters. The fourth-order valence-corrected chi connectivity index (χ4v) is 2.22. The normalized spacial score (nSPS) is 10.2. The van der Waals surface area contributed by atoms with E-state index in [1.54, 1.807) is 62.8 Å². The van der Waals surface area contributed by atoms with Crippen molar-refractivity contribution in [1.82, 2.24) is 0 Å². The second kappa shape index (κ2) is 6.87. The molecule has 0 bridgehead atoms. The molecule has 0 radical (unpaired) electrons. The van der Waals surface area contributed by atoms with Crippen LogP contribution in [0.4, 0.5) is 0 Å². The highest BCUT2D eigenvalue weighted by Crippen LogP contribution is 2.33. The first-order valence-corrected chi connectivity index (χ1v) is 7.11. The lowest BCUT2D eigenvalue weighted by atomic mass is 10.3. The molecule has 0 amide bonds. The van der Waals surface area contributed by atoms with Gasteiger partial charge in [-0.05, 0) is 24.3 Å². The first-order valence-electron chi connectivity index (χ1n) is 5.89. The van der Waals surface area contributed by atoms with Gasteiger partial charge in [-0.2, -0.15) is 0 Å². The summed E-state index contributed by atoms with van der Waals surface area (Å²) in [5.41, 5.74) is 0. The summed E-state index contributed by atoms with van der Waals surface area (Å²) in [6.45, 7) is 0. The van der Waals surface area contributed by atoms with Gasteiger partial charge in [0.05, 0.1) is 14.2 Å². The molecule has 5 nitrogen and oxygen atoms in total. The Hall–Kier alpha value is -2.13. The van der Waals surface area contributed by atoms with Crippen molar-refractivity contribution in [3.05, 3.63) is 48.5 Å². The molecule has 0 fully saturated rings. The zero-order chi connectivity index (χ0) is 14.4. The zero-order valence-electron chi connectivity index (χ0n) is 11.2. The van der Waals surface area contributed by atoms with Crippen molar-refractivity contribution in [2.24, 2.45) is 0 Å². The van der Waals surface area contributed by atoms with Crippen LogP contribution in [0, 0.1) is 0 Å². The standard InChI is InChI=1S/C14H15O5P/c1-16-11-5-3-7-13(9-11)18-20(15)19-14-8-4-6-12(10-14)17-2/h3-10,20H,1-2H3. The van der Waals surface area contributed by atoms with Crippen molar-refractivity contribution >= 4 is 8.25 Å². The minimum Gasteiger partial charge on any atom is -0.497 e. The lowest BCUT2D eigenvalue weighted by Crippen LogP contribution is -1.90. The van der Waals surface area contributed by atoms with Crippen LogP contribution < -0.4 is 18.5 Å². The second-order valence-electron chi connectivity index (χ2n) is 3.81. The third-order valence-electron chi connectivity index (χ3n) is 2.48. The monoisotopic (exact) mass is 294 g/mol. The van der Waals surface area contributed by atoms with E-state index in [-0.39, 0.29) is 0 Å². The molecule has 20 heavy (non-hydrogen) atoms. The first kappa shape index (κ1) is 14.3. The van der Waals surface area contributed by atoms with Crippen LogP contribution in [0.2, 0.25) is 0 Å². The lowest BCUT2D eigenvalue weighted by molar-refractivity contribution is 0.398. The SMILES string of the molecule is COc1cccc(O[PH](=O)Oc2cccc(OC)c2)c1. The highest BCUT2D eigenvalue weighted by molar-refractivity contribution is 7.34. The third kappa shape index (κ3) is 3.93. The molecule has 0 atom stereocenters. The molecule has 0 heterocycles. The number of rotatable bonds is 6. The highest BCUT2D eigenvalue weighted by atomic mass is 31.1. The van der Waals surface area contributed by atoms with Gasteiger partial charge in [-0.3, -0.25) is 0 Å². The topological polar surface area (TPSA) is 54.0 Å². The minimum absolute atomic E-state index is 0.427. The van der Waals surface area contributed by atoms with Gasteiger partial charge >= 0.3 is 8.25 Å². The van der Waals surface area contributed by atoms with Crippen LogP contribution in [0.1, 0.15) is 0 Å². The van der Waals surface area contributed by atoms with E-state index in [9.17, 15) is 4.57 Å². The largest absolute Gasteiger partial charge is 0.497 e. The predicted octanol–water partition coefficient (Wildman–Crippen LogP) is 3.55. The number of ether oxygens (including phenoxy) is 2. The molecule has 6 heteroatoms. The minimum atomic E-state index is -2.70. The van der Waals surface area contributed by atoms with E-state index >= 15 is 0 Å². The molecule has 0 aliphatic carbocycles. The molecule has 0 N–H and O–H groups in total. The summed E-state index contributed by atoms with van der Waals surface area (Å²) in [7, 11) is 0.397. The Labute approximate surface area is 118 Å². The molecule has 0 saturated heterocycles. The molecule has 2 aromatic rings. The van der Waals surface area contributed by atoms with E-state index in [2.05, 4.69) is 0 Å². The number of methoxy groups -OCH3 is 2. The molecule has 0 aliphatic rings. The van der Waals surface area contributed by atoms with Crippen molar-refractivity contribution in [2.75, 3.05) is 14.2 Å². The third-order valence-corrected chi connectivity index (χ3v) is 3.29. The van der Waals surface area contributed by atoms with Crippen LogP contribution in [0.25, 0.3) is 0 Å². The van der Waals surface area contributed by atoms with Gasteiger partial charge in [0.2, 0.25) is 0 Å². The molecule has 106 valence electrons. The molecular formula is C14H15O5P. The van der Waals surface area contributed by atoms with E-state index in [0.29, 0.717) is 23.0 Å². The van der Waals surface area contributed by atoms with Crippen molar-refractivity contribution < 1.29 is 23.1 Å². The van der Waals surface area contributed by atoms with E-state index in [1.165, 1.54) is 0 Å². The van der Waals surface area contributed by atoms with Crippen LogP contribution in [-0.4, -0.2) is 14.2 Å². The maximum Gasteiger partial charge on any atom is 0.418 e. The summed E-state index contributed by atoms with van der Waals surface area (Å²) >= 11 is 0. The fourth-order valence-electron chi connectivity index (χ4n) is 1.54. The van der Waals surface area contributed by atoms with Gasteiger partial charge in [0.25, 0.3) is 0 Å². The zero-order valence-corrected chi connectivity index (χ0v) is 12.2. The van der Waals surface area contributed by atoms with Gasteiger partial charge in [-0.1, -0.05) is 12.1 Å². The fraction of sp³-hybridized carbons (Fsp3) is 0.143. The Morgan fingerprint density at radius 3 is 1.55 bits per heavy atom. The quantitative estimate of drug-likeness (QED) is 0.763. The van der Waals surface area contributed by atoms with Crippen LogP contribution in [0.15, 0.2) is 48.5 Å². The number of hydrogen-bond acceptors (Lipinski definition) is 5. The second-order valence-corrected chi connectivity index (χ2v) is 4.72. The Morgan fingerprint density at radius 1 is 0.750 bits per heavy atom. The Morgan fingerprint density at radius 2 is 1.15 bits per heavy atom. The average Bonchev–Trinajstić information content (AvgIpc) is 2.47. The predicted molar refractivity (Wildman–Crippen MR) is 76.2 cm³/mol. The Balaban J connectivity index is 2.01. The Bertz CT molecular complexity index is 548. The summed E-state index contributed by atoms with van der Waals surface area (Å²) in [6, 6.07) is 13.7. The summed E-state index contributed by atoms with van der Waals surface area (Å²) in [5, 5.41) is 0. The van der Waals surface area contributed by atoms with Crippen LogP contribution in [0.5, 0.6) is 23.0 Å². The molecule has 0 saturated carbocycles. The maximum absolute atomic E-state index is 11.8. The summed E-state index contributed by atoms with van der Waals surface area (Å²) in [5.74, 6) is 2.10. The van der Waals surface area contributed by atoms with Crippen LogP contribution in [0.3, 0.4) is 0 Å². The van der Waals surface area contributed by atoms with Crippen LogP contribution >= 0.6 is 8.25 Å². The van der Waals surface area contributed by atoms with Crippen molar-refractivity contribution in [2.45, 2.75) is 0 Å². The van der Waals surface area contributed by atoms with Crippen molar-refractivity contribution in [1.29, 1.82) is 0 Å². The lowest BCUT2D eigenvalue weighted by Gasteiger charge is -2.09. The summed E-state index contributed by atoms with van der Waals surface area (Å²) in [6.07, 6.45) is 0. The van der Waals surface area contributed by atoms with Gasteiger partial charge in [-0.15, -0.1) is 0 Å². The van der Waals surface area contributed by atoms with Crippen molar-refractivity contribution in [3.8, 4) is 23.0 Å². The molecule has 0 spiro atoms. The highest BCUT2D eigenvalue weighted by Gasteiger charge is 2.06. The van der Waals surface area contributed by atoms with Gasteiger partial charge in [0.1, 0.15) is 23.0 Å². The number of benzene rings is 2. The van der Waals surface area contributed by atoms with E-state index in [1.807, 2.05) is 0 Å². The van der Waals surface area contributed by atoms with E-state index in [0.717, 1.165) is 0 Å². The van der Waals surface area contributed by atoms with Gasteiger partial charge in [0, 0.05) is 12.1 Å². The summed E-state index contributed by atoms with van der Waals surface area (Å²) in [4.78, 5) is 0. The summed E-state index contributed by atoms with van der Waals surface area (Å²) < 4.78 is 32.4. The van der Waals surface area contributed by atoms with Crippen LogP contribution in [-0.2, 0) is 4.57 Å². The van der Waals surface area contributed by atoms with Gasteiger partial charge in [0.15, 0.2) is 0 Å². The maximum atomic E-state index is 11.8. The van der Waals surface area contributed by atoms with E-state index < -0.39 is 8.25 Å². The Kier molecular flexibility index (Phi) is 4.91. The molecular weight excluding hydrogens is 279 g/mol. The molecule has 2 aromatic carbocycles. The van der Waals surface area contributed by atoms with Gasteiger partial charge in [-0.25, -0.2) is 4.57 Å². The first-order chi connectivity index (χ1) is 9.71. The van der Waals surface area contributed by atoms with Crippen molar-refractivity contribution in [3.63, 3.8) is 0 Å². The van der Waals surface area contributed by atoms with Gasteiger partial charge < -0.3 is 18.5 Å². The molecule has 0 aromatic heterocycles. The average molecular weight is 294 g/mol. The molecule has 2 rings (SSSR count). The molecule has 0 aliphatic heterocycles. The smallest absolute Gasteiger partial charge is 0.418 e. The number of hydrogen-bond donors (Lipinski definition) is 0.